The molecule has 2 N–H and O–H groups in total. The summed E-state index contributed by atoms with van der Waals surface area (Å²) < 4.78 is 21.6. The zero-order valence-electron chi connectivity index (χ0n) is 17.0. The number of hydrogen-bond donors (Lipinski definition) is 2. The summed E-state index contributed by atoms with van der Waals surface area (Å²) >= 11 is 0. The molecule has 29 heavy (non-hydrogen) atoms. The normalized spacial score (nSPS) is 11.1. The van der Waals surface area contributed by atoms with Crippen LogP contribution in [0.1, 0.15) is 11.1 Å². The minimum atomic E-state index is 0.0359. The molecule has 2 aromatic carbocycles. The van der Waals surface area contributed by atoms with Gasteiger partial charge >= 0.3 is 0 Å². The van der Waals surface area contributed by atoms with E-state index in [-0.39, 0.29) is 6.61 Å². The van der Waals surface area contributed by atoms with Crippen LogP contribution < -0.4 is 10.1 Å². The van der Waals surface area contributed by atoms with Gasteiger partial charge in [-0.25, -0.2) is 0 Å². The van der Waals surface area contributed by atoms with Crippen LogP contribution in [0.5, 0.6) is 5.75 Å². The molecular weight excluding hydrogens is 370 g/mol. The quantitative estimate of drug-likeness (QED) is 0.352. The third-order valence-corrected chi connectivity index (χ3v) is 4.02. The zero-order valence-corrected chi connectivity index (χ0v) is 17.0. The summed E-state index contributed by atoms with van der Waals surface area (Å²) in [6.45, 7) is 3.40. The summed E-state index contributed by atoms with van der Waals surface area (Å²) in [4.78, 5) is 0. The Morgan fingerprint density at radius 2 is 1.17 bits per heavy atom. The number of benzene rings is 2. The second-order valence-electron chi connectivity index (χ2n) is 6.18. The smallest absolute Gasteiger partial charge is 0.119 e. The molecule has 0 atom stereocenters. The monoisotopic (exact) mass is 401 g/mol. The number of ether oxygens (including phenoxy) is 4. The first-order valence-corrected chi connectivity index (χ1v) is 9.84. The highest BCUT2D eigenvalue weighted by Crippen LogP contribution is 2.15. The van der Waals surface area contributed by atoms with Crippen LogP contribution in [-0.4, -0.2) is 65.0 Å². The Labute approximate surface area is 173 Å². The Morgan fingerprint density at radius 1 is 0.690 bits per heavy atom. The van der Waals surface area contributed by atoms with Gasteiger partial charge < -0.3 is 29.4 Å². The van der Waals surface area contributed by atoms with E-state index in [9.17, 15) is 0 Å². The summed E-state index contributed by atoms with van der Waals surface area (Å²) in [6, 6.07) is 16.2. The second kappa shape index (κ2) is 14.6. The fourth-order valence-corrected chi connectivity index (χ4v) is 2.45. The number of aliphatic hydroxyl groups excluding tert-OH is 1. The molecule has 0 unspecified atom stereocenters. The Kier molecular flexibility index (Phi) is 11.5. The van der Waals surface area contributed by atoms with Crippen LogP contribution in [-0.2, 0) is 14.2 Å². The molecule has 6 heteroatoms. The van der Waals surface area contributed by atoms with E-state index in [1.807, 2.05) is 31.3 Å². The maximum absolute atomic E-state index is 8.56. The van der Waals surface area contributed by atoms with Crippen LogP contribution in [0.4, 0.5) is 5.69 Å². The van der Waals surface area contributed by atoms with E-state index < -0.39 is 0 Å². The lowest BCUT2D eigenvalue weighted by molar-refractivity contribution is 0.00361. The van der Waals surface area contributed by atoms with Gasteiger partial charge in [-0.15, -0.1) is 0 Å². The third-order valence-electron chi connectivity index (χ3n) is 4.02. The predicted octanol–water partition coefficient (Wildman–Crippen LogP) is 3.32. The highest BCUT2D eigenvalue weighted by Gasteiger charge is 1.96. The van der Waals surface area contributed by atoms with Gasteiger partial charge in [0, 0.05) is 12.7 Å². The topological polar surface area (TPSA) is 69.2 Å². The molecule has 2 rings (SSSR count). The van der Waals surface area contributed by atoms with Crippen molar-refractivity contribution in [2.24, 2.45) is 0 Å². The van der Waals surface area contributed by atoms with Gasteiger partial charge in [-0.05, 0) is 35.4 Å². The number of anilines is 1. The van der Waals surface area contributed by atoms with Gasteiger partial charge in [-0.2, -0.15) is 0 Å². The van der Waals surface area contributed by atoms with Gasteiger partial charge in [-0.3, -0.25) is 0 Å². The minimum Gasteiger partial charge on any atom is -0.491 e. The number of nitrogens with one attached hydrogen (secondary N) is 1. The van der Waals surface area contributed by atoms with Crippen LogP contribution >= 0.6 is 0 Å². The molecule has 0 amide bonds. The summed E-state index contributed by atoms with van der Waals surface area (Å²) in [7, 11) is 1.91. The standard InChI is InChI=1S/C23H31NO5/c1-24-22-8-4-20(5-9-22)2-3-21-6-10-23(11-7-21)29-19-18-28-17-16-27-15-14-26-13-12-25/h2-11,24-25H,12-19H2,1H3. The summed E-state index contributed by atoms with van der Waals surface area (Å²) in [5.41, 5.74) is 3.37. The third kappa shape index (κ3) is 10.1. The molecule has 0 radical (unpaired) electrons. The molecule has 0 aliphatic carbocycles. The summed E-state index contributed by atoms with van der Waals surface area (Å²) in [6.07, 6.45) is 4.17. The van der Waals surface area contributed by atoms with Crippen molar-refractivity contribution >= 4 is 17.8 Å². The van der Waals surface area contributed by atoms with Crippen molar-refractivity contribution in [3.63, 3.8) is 0 Å². The van der Waals surface area contributed by atoms with E-state index in [4.69, 9.17) is 24.1 Å². The number of hydrogen-bond acceptors (Lipinski definition) is 6. The molecule has 0 spiro atoms. The fraction of sp³-hybridized carbons (Fsp3) is 0.391. The molecule has 0 aromatic heterocycles. The summed E-state index contributed by atoms with van der Waals surface area (Å²) in [5.74, 6) is 0.821. The van der Waals surface area contributed by atoms with Crippen molar-refractivity contribution in [1.82, 2.24) is 0 Å². The molecule has 0 saturated heterocycles. The van der Waals surface area contributed by atoms with Crippen molar-refractivity contribution in [2.45, 2.75) is 0 Å². The van der Waals surface area contributed by atoms with E-state index in [1.165, 1.54) is 0 Å². The Morgan fingerprint density at radius 3 is 1.69 bits per heavy atom. The van der Waals surface area contributed by atoms with Crippen molar-refractivity contribution in [3.8, 4) is 5.75 Å². The largest absolute Gasteiger partial charge is 0.491 e. The Bertz CT molecular complexity index is 685. The van der Waals surface area contributed by atoms with Crippen molar-refractivity contribution in [2.75, 3.05) is 65.2 Å². The fourth-order valence-electron chi connectivity index (χ4n) is 2.45. The van der Waals surface area contributed by atoms with Crippen LogP contribution in [0.2, 0.25) is 0 Å². The minimum absolute atomic E-state index is 0.0359. The van der Waals surface area contributed by atoms with Crippen molar-refractivity contribution < 1.29 is 24.1 Å². The highest BCUT2D eigenvalue weighted by molar-refractivity contribution is 5.70. The lowest BCUT2D eigenvalue weighted by Crippen LogP contribution is -2.13. The zero-order chi connectivity index (χ0) is 20.6. The first-order valence-electron chi connectivity index (χ1n) is 9.84. The molecule has 0 bridgehead atoms. The predicted molar refractivity (Wildman–Crippen MR) is 116 cm³/mol. The van der Waals surface area contributed by atoms with E-state index in [0.717, 1.165) is 22.6 Å². The van der Waals surface area contributed by atoms with Gasteiger partial charge in [0.1, 0.15) is 12.4 Å². The molecule has 158 valence electrons. The molecule has 0 fully saturated rings. The van der Waals surface area contributed by atoms with Gasteiger partial charge in [0.15, 0.2) is 0 Å². The molecular formula is C23H31NO5. The lowest BCUT2D eigenvalue weighted by atomic mass is 10.1. The van der Waals surface area contributed by atoms with E-state index >= 15 is 0 Å². The van der Waals surface area contributed by atoms with Gasteiger partial charge in [0.2, 0.25) is 0 Å². The van der Waals surface area contributed by atoms with E-state index in [2.05, 4.69) is 41.7 Å². The molecule has 0 aliphatic rings. The van der Waals surface area contributed by atoms with Gasteiger partial charge in [0.05, 0.1) is 46.2 Å². The Hall–Kier alpha value is -2.38. The van der Waals surface area contributed by atoms with Crippen LogP contribution in [0.25, 0.3) is 12.2 Å². The van der Waals surface area contributed by atoms with Crippen molar-refractivity contribution in [3.05, 3.63) is 59.7 Å². The van der Waals surface area contributed by atoms with Gasteiger partial charge in [0.25, 0.3) is 0 Å². The Balaban J connectivity index is 1.56. The average Bonchev–Trinajstić information content (AvgIpc) is 2.77. The molecule has 0 saturated carbocycles. The second-order valence-corrected chi connectivity index (χ2v) is 6.18. The first-order chi connectivity index (χ1) is 14.3. The highest BCUT2D eigenvalue weighted by atomic mass is 16.6. The maximum Gasteiger partial charge on any atom is 0.119 e. The average molecular weight is 402 g/mol. The molecule has 6 nitrogen and oxygen atoms in total. The molecule has 2 aromatic rings. The van der Waals surface area contributed by atoms with Crippen LogP contribution in [0.15, 0.2) is 48.5 Å². The van der Waals surface area contributed by atoms with Crippen molar-refractivity contribution in [1.29, 1.82) is 0 Å². The lowest BCUT2D eigenvalue weighted by Gasteiger charge is -2.08. The maximum atomic E-state index is 8.56. The first kappa shape index (κ1) is 22.9. The number of rotatable bonds is 15. The number of aliphatic hydroxyl groups is 1. The van der Waals surface area contributed by atoms with Crippen LogP contribution in [0, 0.1) is 0 Å². The van der Waals surface area contributed by atoms with Gasteiger partial charge in [-0.1, -0.05) is 36.4 Å². The molecule has 0 heterocycles. The molecule has 0 aliphatic heterocycles. The SMILES string of the molecule is CNc1ccc(C=Cc2ccc(OCCOCCOCCOCCO)cc2)cc1. The van der Waals surface area contributed by atoms with E-state index in [1.54, 1.807) is 0 Å². The van der Waals surface area contributed by atoms with Crippen LogP contribution in [0.3, 0.4) is 0 Å². The van der Waals surface area contributed by atoms with E-state index in [0.29, 0.717) is 46.2 Å². The summed E-state index contributed by atoms with van der Waals surface area (Å²) in [5, 5.41) is 11.7.